The molecule has 0 heterocycles. The van der Waals surface area contributed by atoms with E-state index in [0.717, 1.165) is 43.9 Å². The molecule has 0 aliphatic rings. The minimum absolute atomic E-state index is 0.112. The van der Waals surface area contributed by atoms with Crippen molar-refractivity contribution in [3.05, 3.63) is 23.8 Å². The highest BCUT2D eigenvalue weighted by atomic mass is 19.4. The summed E-state index contributed by atoms with van der Waals surface area (Å²) < 4.78 is 46.0. The fourth-order valence-corrected chi connectivity index (χ4v) is 2.59. The van der Waals surface area contributed by atoms with Gasteiger partial charge in [-0.3, -0.25) is 0 Å². The molecule has 0 aromatic heterocycles. The Morgan fingerprint density at radius 2 is 1.58 bits per heavy atom. The molecule has 0 aliphatic carbocycles. The monoisotopic (exact) mass is 376 g/mol. The van der Waals surface area contributed by atoms with E-state index in [2.05, 4.69) is 11.7 Å². The van der Waals surface area contributed by atoms with Gasteiger partial charge in [-0.25, -0.2) is 4.79 Å². The highest BCUT2D eigenvalue weighted by Crippen LogP contribution is 2.29. The fraction of sp³-hybridized carbons (Fsp3) is 0.632. The van der Waals surface area contributed by atoms with Gasteiger partial charge >= 0.3 is 12.3 Å². The van der Waals surface area contributed by atoms with Crippen molar-refractivity contribution >= 4 is 5.97 Å². The number of halogens is 3. The Labute approximate surface area is 152 Å². The molecule has 7 heteroatoms. The summed E-state index contributed by atoms with van der Waals surface area (Å²) in [7, 11) is 0. The quantitative estimate of drug-likeness (QED) is 0.417. The normalized spacial score (nSPS) is 11.4. The summed E-state index contributed by atoms with van der Waals surface area (Å²) >= 11 is 0. The van der Waals surface area contributed by atoms with E-state index in [-0.39, 0.29) is 17.9 Å². The molecule has 0 atom stereocenters. The average molecular weight is 376 g/mol. The molecular formula is C19H27F3O4. The number of ether oxygens (including phenoxy) is 2. The van der Waals surface area contributed by atoms with Crippen molar-refractivity contribution in [1.82, 2.24) is 0 Å². The van der Waals surface area contributed by atoms with Crippen LogP contribution >= 0.6 is 0 Å². The number of hydrogen-bond donors (Lipinski definition) is 1. The van der Waals surface area contributed by atoms with E-state index in [1.165, 1.54) is 32.1 Å². The number of carbonyl (C=O) groups is 1. The van der Waals surface area contributed by atoms with Crippen molar-refractivity contribution in [3.8, 4) is 11.5 Å². The Morgan fingerprint density at radius 3 is 2.12 bits per heavy atom. The summed E-state index contributed by atoms with van der Waals surface area (Å²) in [5.74, 6) is -1.87. The van der Waals surface area contributed by atoms with E-state index in [9.17, 15) is 18.0 Å². The largest absolute Gasteiger partial charge is 0.573 e. The number of carboxylic acid groups (broad SMARTS) is 1. The molecule has 0 saturated heterocycles. The van der Waals surface area contributed by atoms with Gasteiger partial charge in [-0.15, -0.1) is 13.2 Å². The lowest BCUT2D eigenvalue weighted by atomic mass is 10.1. The minimum atomic E-state index is -4.83. The molecule has 0 saturated carbocycles. The van der Waals surface area contributed by atoms with Gasteiger partial charge in [-0.05, 0) is 18.6 Å². The van der Waals surface area contributed by atoms with Gasteiger partial charge in [0.1, 0.15) is 17.1 Å². The van der Waals surface area contributed by atoms with E-state index >= 15 is 0 Å². The lowest BCUT2D eigenvalue weighted by molar-refractivity contribution is -0.274. The maximum atomic E-state index is 12.3. The topological polar surface area (TPSA) is 55.8 Å². The zero-order chi connectivity index (χ0) is 19.4. The molecule has 0 unspecified atom stereocenters. The standard InChI is InChI=1S/C19H27F3O4/c1-2-3-4-5-6-7-8-9-10-13-25-17-14-15(26-19(20,21)22)11-12-16(17)18(23)24/h11-12,14H,2-10,13H2,1H3,(H,23,24). The number of rotatable bonds is 13. The Morgan fingerprint density at radius 1 is 1.00 bits per heavy atom. The maximum absolute atomic E-state index is 12.3. The van der Waals surface area contributed by atoms with E-state index in [0.29, 0.717) is 0 Å². The summed E-state index contributed by atoms with van der Waals surface area (Å²) in [4.78, 5) is 11.2. The second-order valence-corrected chi connectivity index (χ2v) is 6.19. The third-order valence-electron chi connectivity index (χ3n) is 3.92. The van der Waals surface area contributed by atoms with Crippen LogP contribution in [-0.2, 0) is 0 Å². The van der Waals surface area contributed by atoms with E-state index in [1.54, 1.807) is 0 Å². The van der Waals surface area contributed by atoms with Gasteiger partial charge in [0.05, 0.1) is 6.61 Å². The zero-order valence-electron chi connectivity index (χ0n) is 15.1. The van der Waals surface area contributed by atoms with Crippen LogP contribution in [0.2, 0.25) is 0 Å². The number of benzene rings is 1. The van der Waals surface area contributed by atoms with Crippen LogP contribution in [0, 0.1) is 0 Å². The van der Waals surface area contributed by atoms with Gasteiger partial charge in [-0.1, -0.05) is 58.3 Å². The molecule has 0 fully saturated rings. The predicted octanol–water partition coefficient (Wildman–Crippen LogP) is 6.19. The summed E-state index contributed by atoms with van der Waals surface area (Å²) in [6, 6.07) is 2.97. The number of alkyl halides is 3. The van der Waals surface area contributed by atoms with Crippen LogP contribution in [0.25, 0.3) is 0 Å². The number of hydrogen-bond acceptors (Lipinski definition) is 3. The Bertz CT molecular complexity index is 544. The first-order valence-electron chi connectivity index (χ1n) is 9.09. The summed E-state index contributed by atoms with van der Waals surface area (Å²) in [5, 5.41) is 9.11. The number of aromatic carboxylic acids is 1. The third kappa shape index (κ3) is 9.53. The number of carboxylic acids is 1. The van der Waals surface area contributed by atoms with Crippen LogP contribution in [0.1, 0.15) is 75.1 Å². The van der Waals surface area contributed by atoms with Crippen LogP contribution in [0.15, 0.2) is 18.2 Å². The van der Waals surface area contributed by atoms with Crippen LogP contribution in [-0.4, -0.2) is 24.0 Å². The van der Waals surface area contributed by atoms with Crippen molar-refractivity contribution in [2.75, 3.05) is 6.61 Å². The highest BCUT2D eigenvalue weighted by molar-refractivity contribution is 5.91. The third-order valence-corrected chi connectivity index (χ3v) is 3.92. The fourth-order valence-electron chi connectivity index (χ4n) is 2.59. The first-order valence-corrected chi connectivity index (χ1v) is 9.09. The van der Waals surface area contributed by atoms with E-state index < -0.39 is 18.1 Å². The average Bonchev–Trinajstić information content (AvgIpc) is 2.55. The Kier molecular flexibility index (Phi) is 9.91. The van der Waals surface area contributed by atoms with Crippen LogP contribution in [0.3, 0.4) is 0 Å². The molecule has 1 aromatic rings. The molecule has 148 valence electrons. The molecule has 0 bridgehead atoms. The molecule has 0 spiro atoms. The second kappa shape index (κ2) is 11.6. The van der Waals surface area contributed by atoms with Crippen molar-refractivity contribution < 1.29 is 32.5 Å². The van der Waals surface area contributed by atoms with E-state index in [1.807, 2.05) is 0 Å². The Balaban J connectivity index is 2.38. The predicted molar refractivity (Wildman–Crippen MR) is 92.8 cm³/mol. The highest BCUT2D eigenvalue weighted by Gasteiger charge is 2.31. The first kappa shape index (κ1) is 22.1. The maximum Gasteiger partial charge on any atom is 0.573 e. The molecule has 0 radical (unpaired) electrons. The lowest BCUT2D eigenvalue weighted by Gasteiger charge is -2.13. The van der Waals surface area contributed by atoms with Gasteiger partial charge in [0.25, 0.3) is 0 Å². The van der Waals surface area contributed by atoms with Crippen LogP contribution in [0.4, 0.5) is 13.2 Å². The van der Waals surface area contributed by atoms with Gasteiger partial charge in [-0.2, -0.15) is 0 Å². The van der Waals surface area contributed by atoms with Gasteiger partial charge < -0.3 is 14.6 Å². The molecule has 1 rings (SSSR count). The summed E-state index contributed by atoms with van der Waals surface area (Å²) in [5.41, 5.74) is -0.185. The zero-order valence-corrected chi connectivity index (χ0v) is 15.1. The Hall–Kier alpha value is -1.92. The van der Waals surface area contributed by atoms with Crippen molar-refractivity contribution in [1.29, 1.82) is 0 Å². The van der Waals surface area contributed by atoms with Gasteiger partial charge in [0, 0.05) is 6.07 Å². The van der Waals surface area contributed by atoms with Crippen LogP contribution < -0.4 is 9.47 Å². The molecule has 1 N–H and O–H groups in total. The molecule has 0 amide bonds. The van der Waals surface area contributed by atoms with Crippen molar-refractivity contribution in [3.63, 3.8) is 0 Å². The summed E-state index contributed by atoms with van der Waals surface area (Å²) in [6.45, 7) is 2.44. The minimum Gasteiger partial charge on any atom is -0.493 e. The lowest BCUT2D eigenvalue weighted by Crippen LogP contribution is -2.17. The molecular weight excluding hydrogens is 349 g/mol. The molecule has 0 aliphatic heterocycles. The second-order valence-electron chi connectivity index (χ2n) is 6.19. The smallest absolute Gasteiger partial charge is 0.493 e. The molecule has 1 aromatic carbocycles. The SMILES string of the molecule is CCCCCCCCCCCOc1cc(OC(F)(F)F)ccc1C(=O)O. The van der Waals surface area contributed by atoms with Crippen LogP contribution in [0.5, 0.6) is 11.5 Å². The molecule has 26 heavy (non-hydrogen) atoms. The van der Waals surface area contributed by atoms with Crippen molar-refractivity contribution in [2.45, 2.75) is 71.1 Å². The van der Waals surface area contributed by atoms with Gasteiger partial charge in [0.15, 0.2) is 0 Å². The summed E-state index contributed by atoms with van der Waals surface area (Å²) in [6.07, 6.45) is 5.28. The number of unbranched alkanes of at least 4 members (excludes halogenated alkanes) is 8. The van der Waals surface area contributed by atoms with E-state index in [4.69, 9.17) is 9.84 Å². The van der Waals surface area contributed by atoms with Gasteiger partial charge in [0.2, 0.25) is 0 Å². The first-order chi connectivity index (χ1) is 12.3. The van der Waals surface area contributed by atoms with Crippen molar-refractivity contribution in [2.24, 2.45) is 0 Å². The molecule has 4 nitrogen and oxygen atoms in total.